The first-order chi connectivity index (χ1) is 9.65. The Labute approximate surface area is 117 Å². The number of carbonyl (C=O) groups is 1. The lowest BCUT2D eigenvalue weighted by Crippen LogP contribution is -2.28. The van der Waals surface area contributed by atoms with Crippen LogP contribution in [0.15, 0.2) is 48.5 Å². The minimum absolute atomic E-state index is 0.306. The molecule has 20 heavy (non-hydrogen) atoms. The number of rotatable bonds is 5. The molecule has 3 nitrogen and oxygen atoms in total. The van der Waals surface area contributed by atoms with E-state index in [-0.39, 0.29) is 5.91 Å². The second-order valence-corrected chi connectivity index (χ2v) is 4.43. The van der Waals surface area contributed by atoms with Crippen LogP contribution >= 0.6 is 0 Å². The van der Waals surface area contributed by atoms with Crippen molar-refractivity contribution in [3.8, 4) is 5.75 Å². The first-order valence-electron chi connectivity index (χ1n) is 6.38. The van der Waals surface area contributed by atoms with Gasteiger partial charge in [-0.2, -0.15) is 0 Å². The van der Waals surface area contributed by atoms with E-state index in [4.69, 9.17) is 4.74 Å². The molecule has 0 saturated heterocycles. The Morgan fingerprint density at radius 1 is 1.20 bits per heavy atom. The van der Waals surface area contributed by atoms with Gasteiger partial charge in [-0.25, -0.2) is 4.39 Å². The molecule has 0 aliphatic carbocycles. The summed E-state index contributed by atoms with van der Waals surface area (Å²) in [5.41, 5.74) is 1.42. The number of hydrogen-bond donors (Lipinski definition) is 1. The van der Waals surface area contributed by atoms with Crippen LogP contribution in [0, 0.1) is 12.7 Å². The lowest BCUT2D eigenvalue weighted by molar-refractivity contribution is 0.0946. The molecular formula is C16H16FNO2. The van der Waals surface area contributed by atoms with Gasteiger partial charge in [0, 0.05) is 5.56 Å². The van der Waals surface area contributed by atoms with Gasteiger partial charge in [-0.3, -0.25) is 4.79 Å². The average molecular weight is 273 g/mol. The number of benzene rings is 2. The molecule has 2 rings (SSSR count). The summed E-state index contributed by atoms with van der Waals surface area (Å²) < 4.78 is 18.5. The molecule has 0 fully saturated rings. The van der Waals surface area contributed by atoms with E-state index in [0.717, 1.165) is 11.3 Å². The third-order valence-corrected chi connectivity index (χ3v) is 2.73. The van der Waals surface area contributed by atoms with Crippen molar-refractivity contribution < 1.29 is 13.9 Å². The molecule has 0 saturated carbocycles. The van der Waals surface area contributed by atoms with E-state index >= 15 is 0 Å². The Bertz CT molecular complexity index is 599. The zero-order valence-electron chi connectivity index (χ0n) is 11.2. The zero-order chi connectivity index (χ0) is 14.4. The fourth-order valence-corrected chi connectivity index (χ4v) is 1.77. The molecule has 2 aromatic rings. The van der Waals surface area contributed by atoms with Crippen LogP contribution in [0.1, 0.15) is 15.9 Å². The molecule has 1 amide bonds. The maximum absolute atomic E-state index is 13.0. The second kappa shape index (κ2) is 6.70. The van der Waals surface area contributed by atoms with Gasteiger partial charge in [0.15, 0.2) is 0 Å². The van der Waals surface area contributed by atoms with Gasteiger partial charge in [-0.1, -0.05) is 18.2 Å². The minimum Gasteiger partial charge on any atom is -0.492 e. The maximum atomic E-state index is 13.0. The summed E-state index contributed by atoms with van der Waals surface area (Å²) in [6.07, 6.45) is 0. The number of nitrogens with one attached hydrogen (secondary N) is 1. The van der Waals surface area contributed by atoms with Crippen LogP contribution in [0.4, 0.5) is 4.39 Å². The van der Waals surface area contributed by atoms with Crippen LogP contribution in [0.5, 0.6) is 5.75 Å². The Balaban J connectivity index is 1.77. The van der Waals surface area contributed by atoms with Gasteiger partial charge in [0.1, 0.15) is 18.2 Å². The van der Waals surface area contributed by atoms with Crippen LogP contribution in [0.2, 0.25) is 0 Å². The molecule has 0 heterocycles. The molecule has 2 aromatic carbocycles. The van der Waals surface area contributed by atoms with Crippen LogP contribution in [-0.4, -0.2) is 19.1 Å². The molecule has 104 valence electrons. The third-order valence-electron chi connectivity index (χ3n) is 2.73. The van der Waals surface area contributed by atoms with E-state index in [1.54, 1.807) is 6.07 Å². The fourth-order valence-electron chi connectivity index (χ4n) is 1.77. The largest absolute Gasteiger partial charge is 0.492 e. The summed E-state index contributed by atoms with van der Waals surface area (Å²) in [5.74, 6) is 0.0380. The highest BCUT2D eigenvalue weighted by Crippen LogP contribution is 2.11. The Hall–Kier alpha value is -2.36. The maximum Gasteiger partial charge on any atom is 0.251 e. The van der Waals surface area contributed by atoms with Gasteiger partial charge >= 0.3 is 0 Å². The smallest absolute Gasteiger partial charge is 0.251 e. The molecule has 0 atom stereocenters. The van der Waals surface area contributed by atoms with Crippen LogP contribution in [0.25, 0.3) is 0 Å². The average Bonchev–Trinajstić information content (AvgIpc) is 2.43. The van der Waals surface area contributed by atoms with Crippen molar-refractivity contribution in [2.75, 3.05) is 13.2 Å². The molecule has 0 bridgehead atoms. The number of aryl methyl sites for hydroxylation is 1. The lowest BCUT2D eigenvalue weighted by Gasteiger charge is -2.08. The van der Waals surface area contributed by atoms with Crippen molar-refractivity contribution >= 4 is 5.91 Å². The Morgan fingerprint density at radius 2 is 2.00 bits per heavy atom. The quantitative estimate of drug-likeness (QED) is 0.851. The van der Waals surface area contributed by atoms with Gasteiger partial charge in [-0.05, 0) is 42.8 Å². The molecule has 0 aliphatic rings. The summed E-state index contributed by atoms with van der Waals surface area (Å²) in [4.78, 5) is 11.7. The minimum atomic E-state index is -0.423. The van der Waals surface area contributed by atoms with Gasteiger partial charge in [0.25, 0.3) is 5.91 Å². The molecule has 4 heteroatoms. The van der Waals surface area contributed by atoms with Crippen LogP contribution in [-0.2, 0) is 0 Å². The van der Waals surface area contributed by atoms with E-state index in [1.807, 2.05) is 31.2 Å². The summed E-state index contributed by atoms with van der Waals surface area (Å²) in [7, 11) is 0. The predicted octanol–water partition coefficient (Wildman–Crippen LogP) is 2.94. The third kappa shape index (κ3) is 4.09. The second-order valence-electron chi connectivity index (χ2n) is 4.43. The van der Waals surface area contributed by atoms with Gasteiger partial charge in [0.05, 0.1) is 6.54 Å². The van der Waals surface area contributed by atoms with E-state index in [0.29, 0.717) is 18.7 Å². The number of hydrogen-bond acceptors (Lipinski definition) is 2. The van der Waals surface area contributed by atoms with E-state index in [9.17, 15) is 9.18 Å². The monoisotopic (exact) mass is 273 g/mol. The highest BCUT2D eigenvalue weighted by Gasteiger charge is 2.05. The first kappa shape index (κ1) is 14.1. The summed E-state index contributed by atoms with van der Waals surface area (Å²) in [5, 5.41) is 2.68. The van der Waals surface area contributed by atoms with E-state index < -0.39 is 5.82 Å². The normalized spacial score (nSPS) is 10.1. The highest BCUT2D eigenvalue weighted by atomic mass is 19.1. The highest BCUT2D eigenvalue weighted by molar-refractivity contribution is 5.94. The van der Waals surface area contributed by atoms with Crippen molar-refractivity contribution in [1.82, 2.24) is 5.32 Å². The van der Waals surface area contributed by atoms with Crippen molar-refractivity contribution in [1.29, 1.82) is 0 Å². The Morgan fingerprint density at radius 3 is 2.75 bits per heavy atom. The molecule has 0 aromatic heterocycles. The predicted molar refractivity (Wildman–Crippen MR) is 75.4 cm³/mol. The summed E-state index contributed by atoms with van der Waals surface area (Å²) >= 11 is 0. The summed E-state index contributed by atoms with van der Waals surface area (Å²) in [6.45, 7) is 2.71. The van der Waals surface area contributed by atoms with Crippen molar-refractivity contribution in [3.05, 3.63) is 65.5 Å². The van der Waals surface area contributed by atoms with Crippen molar-refractivity contribution in [3.63, 3.8) is 0 Å². The number of halogens is 1. The van der Waals surface area contributed by atoms with Gasteiger partial charge < -0.3 is 10.1 Å². The molecule has 0 aliphatic heterocycles. The lowest BCUT2D eigenvalue weighted by atomic mass is 10.2. The van der Waals surface area contributed by atoms with E-state index in [1.165, 1.54) is 18.2 Å². The molecule has 0 radical (unpaired) electrons. The van der Waals surface area contributed by atoms with E-state index in [2.05, 4.69) is 5.32 Å². The van der Waals surface area contributed by atoms with Gasteiger partial charge in [-0.15, -0.1) is 0 Å². The van der Waals surface area contributed by atoms with Crippen molar-refractivity contribution in [2.24, 2.45) is 0 Å². The number of amides is 1. The molecular weight excluding hydrogens is 257 g/mol. The first-order valence-corrected chi connectivity index (χ1v) is 6.38. The zero-order valence-corrected chi connectivity index (χ0v) is 11.2. The Kier molecular flexibility index (Phi) is 4.71. The number of ether oxygens (including phenoxy) is 1. The topological polar surface area (TPSA) is 38.3 Å². The van der Waals surface area contributed by atoms with Crippen molar-refractivity contribution in [2.45, 2.75) is 6.92 Å². The SMILES string of the molecule is Cc1cccc(OCCNC(=O)c2cccc(F)c2)c1. The van der Waals surface area contributed by atoms with Crippen LogP contribution in [0.3, 0.4) is 0 Å². The number of carbonyl (C=O) groups excluding carboxylic acids is 1. The molecule has 0 spiro atoms. The fraction of sp³-hybridized carbons (Fsp3) is 0.188. The van der Waals surface area contributed by atoms with Gasteiger partial charge in [0.2, 0.25) is 0 Å². The summed E-state index contributed by atoms with van der Waals surface area (Å²) in [6, 6.07) is 13.3. The van der Waals surface area contributed by atoms with Crippen LogP contribution < -0.4 is 10.1 Å². The molecule has 1 N–H and O–H groups in total. The molecule has 0 unspecified atom stereocenters. The standard InChI is InChI=1S/C16H16FNO2/c1-12-4-2-7-15(10-12)20-9-8-18-16(19)13-5-3-6-14(17)11-13/h2-7,10-11H,8-9H2,1H3,(H,18,19).